The predicted molar refractivity (Wildman–Crippen MR) is 61.8 cm³/mol. The lowest BCUT2D eigenvalue weighted by Crippen LogP contribution is -2.26. The number of aryl methyl sites for hydroxylation is 1. The number of nitrogens with zero attached hydrogens (tertiary/aromatic N) is 2. The van der Waals surface area contributed by atoms with Crippen molar-refractivity contribution in [2.24, 2.45) is 5.92 Å². The van der Waals surface area contributed by atoms with Crippen molar-refractivity contribution in [3.63, 3.8) is 0 Å². The number of carbonyl (C=O) groups is 1. The van der Waals surface area contributed by atoms with Gasteiger partial charge in [-0.25, -0.2) is 4.98 Å². The molecular weight excluding hydrogens is 256 g/mol. The molecule has 0 fully saturated rings. The molecule has 1 aromatic heterocycles. The Bertz CT molecular complexity index is 398. The van der Waals surface area contributed by atoms with Crippen LogP contribution in [0.25, 0.3) is 0 Å². The van der Waals surface area contributed by atoms with E-state index in [0.717, 1.165) is 36.2 Å². The highest BCUT2D eigenvalue weighted by molar-refractivity contribution is 9.10. The standard InChI is InChI=1S/C11H15BrN2O/c1-3-10-13-11(12)9-5-4-8(7(2)15)6-14(9)10/h8H,3-6H2,1-2H3. The van der Waals surface area contributed by atoms with Crippen LogP contribution in [0.4, 0.5) is 0 Å². The van der Waals surface area contributed by atoms with Crippen LogP contribution in [0.3, 0.4) is 0 Å². The van der Waals surface area contributed by atoms with Gasteiger partial charge < -0.3 is 4.57 Å². The topological polar surface area (TPSA) is 34.9 Å². The number of hydrogen-bond donors (Lipinski definition) is 0. The van der Waals surface area contributed by atoms with E-state index in [0.29, 0.717) is 5.78 Å². The molecule has 1 aromatic rings. The summed E-state index contributed by atoms with van der Waals surface area (Å²) in [6.07, 6.45) is 2.84. The fourth-order valence-electron chi connectivity index (χ4n) is 2.18. The second kappa shape index (κ2) is 4.08. The molecule has 82 valence electrons. The third kappa shape index (κ3) is 1.87. The number of Topliss-reactive ketones (excluding diaryl/α,β-unsaturated/α-hetero) is 1. The molecule has 0 spiro atoms. The van der Waals surface area contributed by atoms with E-state index >= 15 is 0 Å². The number of rotatable bonds is 2. The number of halogens is 1. The monoisotopic (exact) mass is 270 g/mol. The molecule has 0 bridgehead atoms. The molecule has 0 radical (unpaired) electrons. The van der Waals surface area contributed by atoms with Crippen LogP contribution in [0, 0.1) is 5.92 Å². The van der Waals surface area contributed by atoms with Gasteiger partial charge in [0, 0.05) is 18.9 Å². The van der Waals surface area contributed by atoms with Crippen LogP contribution in [0.1, 0.15) is 31.8 Å². The maximum Gasteiger partial charge on any atom is 0.134 e. The highest BCUT2D eigenvalue weighted by Gasteiger charge is 2.25. The van der Waals surface area contributed by atoms with Gasteiger partial charge in [0.05, 0.1) is 5.69 Å². The van der Waals surface area contributed by atoms with Crippen LogP contribution in [0.2, 0.25) is 0 Å². The average Bonchev–Trinajstić information content (AvgIpc) is 2.55. The first-order valence-electron chi connectivity index (χ1n) is 5.37. The Morgan fingerprint density at radius 2 is 2.40 bits per heavy atom. The van der Waals surface area contributed by atoms with E-state index in [9.17, 15) is 4.79 Å². The zero-order valence-electron chi connectivity index (χ0n) is 9.09. The molecule has 0 saturated carbocycles. The van der Waals surface area contributed by atoms with Crippen LogP contribution in [0.15, 0.2) is 4.60 Å². The molecular formula is C11H15BrN2O. The highest BCUT2D eigenvalue weighted by atomic mass is 79.9. The molecule has 4 heteroatoms. The molecule has 2 rings (SSSR count). The van der Waals surface area contributed by atoms with Gasteiger partial charge >= 0.3 is 0 Å². The van der Waals surface area contributed by atoms with Crippen molar-refractivity contribution < 1.29 is 4.79 Å². The molecule has 0 saturated heterocycles. The smallest absolute Gasteiger partial charge is 0.134 e. The van der Waals surface area contributed by atoms with E-state index in [2.05, 4.69) is 32.4 Å². The van der Waals surface area contributed by atoms with E-state index in [1.54, 1.807) is 6.92 Å². The highest BCUT2D eigenvalue weighted by Crippen LogP contribution is 2.28. The molecule has 1 aliphatic heterocycles. The number of aromatic nitrogens is 2. The Labute approximate surface area is 98.0 Å². The zero-order chi connectivity index (χ0) is 11.0. The van der Waals surface area contributed by atoms with Crippen LogP contribution in [-0.4, -0.2) is 15.3 Å². The van der Waals surface area contributed by atoms with Gasteiger partial charge in [0.25, 0.3) is 0 Å². The summed E-state index contributed by atoms with van der Waals surface area (Å²) in [6.45, 7) is 4.60. The Kier molecular flexibility index (Phi) is 2.96. The van der Waals surface area contributed by atoms with Gasteiger partial charge in [0.2, 0.25) is 0 Å². The summed E-state index contributed by atoms with van der Waals surface area (Å²) in [4.78, 5) is 15.8. The third-order valence-corrected chi connectivity index (χ3v) is 3.76. The minimum absolute atomic E-state index is 0.184. The van der Waals surface area contributed by atoms with E-state index in [-0.39, 0.29) is 5.92 Å². The number of ketones is 1. The summed E-state index contributed by atoms with van der Waals surface area (Å²) < 4.78 is 3.17. The van der Waals surface area contributed by atoms with E-state index in [4.69, 9.17) is 0 Å². The van der Waals surface area contributed by atoms with Crippen molar-refractivity contribution in [2.45, 2.75) is 39.7 Å². The number of imidazole rings is 1. The normalized spacial score (nSPS) is 20.1. The first-order chi connectivity index (χ1) is 7.13. The summed E-state index contributed by atoms with van der Waals surface area (Å²) in [5.41, 5.74) is 1.25. The van der Waals surface area contributed by atoms with Crippen LogP contribution in [-0.2, 0) is 24.2 Å². The van der Waals surface area contributed by atoms with Gasteiger partial charge in [-0.05, 0) is 35.7 Å². The molecule has 0 aromatic carbocycles. The molecule has 0 N–H and O–H groups in total. The molecule has 1 aliphatic rings. The fourth-order valence-corrected chi connectivity index (χ4v) is 2.80. The lowest BCUT2D eigenvalue weighted by molar-refractivity contribution is -0.121. The van der Waals surface area contributed by atoms with Gasteiger partial charge in [0.1, 0.15) is 16.2 Å². The lowest BCUT2D eigenvalue weighted by atomic mass is 9.95. The maximum atomic E-state index is 11.4. The predicted octanol–water partition coefficient (Wildman–Crippen LogP) is 2.36. The summed E-state index contributed by atoms with van der Waals surface area (Å²) in [6, 6.07) is 0. The molecule has 0 aliphatic carbocycles. The SMILES string of the molecule is CCc1nc(Br)c2n1CC(C(C)=O)CC2. The van der Waals surface area contributed by atoms with Crippen molar-refractivity contribution in [1.29, 1.82) is 0 Å². The third-order valence-electron chi connectivity index (χ3n) is 3.13. The van der Waals surface area contributed by atoms with Crippen molar-refractivity contribution in [2.75, 3.05) is 0 Å². The summed E-state index contributed by atoms with van der Waals surface area (Å²) in [7, 11) is 0. The summed E-state index contributed by atoms with van der Waals surface area (Å²) >= 11 is 3.48. The largest absolute Gasteiger partial charge is 0.330 e. The Morgan fingerprint density at radius 3 is 3.00 bits per heavy atom. The van der Waals surface area contributed by atoms with E-state index < -0.39 is 0 Å². The Hall–Kier alpha value is -0.640. The van der Waals surface area contributed by atoms with Crippen LogP contribution >= 0.6 is 15.9 Å². The average molecular weight is 271 g/mol. The molecule has 1 atom stereocenters. The minimum Gasteiger partial charge on any atom is -0.330 e. The zero-order valence-corrected chi connectivity index (χ0v) is 10.7. The number of carbonyl (C=O) groups excluding carboxylic acids is 1. The van der Waals surface area contributed by atoms with Crippen LogP contribution in [0.5, 0.6) is 0 Å². The van der Waals surface area contributed by atoms with Crippen molar-refractivity contribution in [3.05, 3.63) is 16.1 Å². The van der Waals surface area contributed by atoms with E-state index in [1.807, 2.05) is 0 Å². The van der Waals surface area contributed by atoms with Gasteiger partial charge in [-0.1, -0.05) is 6.92 Å². The minimum atomic E-state index is 0.184. The Balaban J connectivity index is 2.35. The first kappa shape index (κ1) is 10.9. The molecule has 0 amide bonds. The summed E-state index contributed by atoms with van der Waals surface area (Å²) in [5, 5.41) is 0. The van der Waals surface area contributed by atoms with Crippen LogP contribution < -0.4 is 0 Å². The lowest BCUT2D eigenvalue weighted by Gasteiger charge is -2.23. The quantitative estimate of drug-likeness (QED) is 0.827. The fraction of sp³-hybridized carbons (Fsp3) is 0.636. The number of fused-ring (bicyclic) bond motifs is 1. The van der Waals surface area contributed by atoms with Crippen molar-refractivity contribution >= 4 is 21.7 Å². The summed E-state index contributed by atoms with van der Waals surface area (Å²) in [5.74, 6) is 1.57. The molecule has 2 heterocycles. The first-order valence-corrected chi connectivity index (χ1v) is 6.17. The second-order valence-corrected chi connectivity index (χ2v) is 4.83. The maximum absolute atomic E-state index is 11.4. The van der Waals surface area contributed by atoms with E-state index in [1.165, 1.54) is 5.69 Å². The van der Waals surface area contributed by atoms with Crippen molar-refractivity contribution in [3.8, 4) is 0 Å². The van der Waals surface area contributed by atoms with Gasteiger partial charge in [0.15, 0.2) is 0 Å². The molecule has 15 heavy (non-hydrogen) atoms. The molecule has 1 unspecified atom stereocenters. The Morgan fingerprint density at radius 1 is 1.67 bits per heavy atom. The van der Waals surface area contributed by atoms with Gasteiger partial charge in [-0.3, -0.25) is 4.79 Å². The van der Waals surface area contributed by atoms with Gasteiger partial charge in [-0.15, -0.1) is 0 Å². The van der Waals surface area contributed by atoms with Gasteiger partial charge in [-0.2, -0.15) is 0 Å². The number of hydrogen-bond acceptors (Lipinski definition) is 2. The van der Waals surface area contributed by atoms with Crippen molar-refractivity contribution in [1.82, 2.24) is 9.55 Å². The molecule has 3 nitrogen and oxygen atoms in total. The second-order valence-electron chi connectivity index (χ2n) is 4.08.